The van der Waals surface area contributed by atoms with Crippen LogP contribution in [0, 0.1) is 5.92 Å². The SMILES string of the molecule is CC(C)Cn1c(SCC(=O)NCC(N)=O)nc2ccc(Cl)cc2c1=O. The van der Waals surface area contributed by atoms with Crippen molar-refractivity contribution in [2.45, 2.75) is 25.5 Å². The van der Waals surface area contributed by atoms with Crippen LogP contribution in [-0.2, 0) is 16.1 Å². The van der Waals surface area contributed by atoms with Crippen LogP contribution < -0.4 is 16.6 Å². The van der Waals surface area contributed by atoms with Crippen LogP contribution in [0.15, 0.2) is 28.2 Å². The minimum atomic E-state index is -0.615. The zero-order valence-corrected chi connectivity index (χ0v) is 15.5. The zero-order valence-electron chi connectivity index (χ0n) is 13.9. The van der Waals surface area contributed by atoms with Gasteiger partial charge in [-0.05, 0) is 24.1 Å². The third kappa shape index (κ3) is 5.20. The van der Waals surface area contributed by atoms with E-state index in [1.165, 1.54) is 0 Å². The minimum Gasteiger partial charge on any atom is -0.368 e. The number of carbonyl (C=O) groups is 2. The summed E-state index contributed by atoms with van der Waals surface area (Å²) in [6, 6.07) is 4.93. The molecule has 7 nitrogen and oxygen atoms in total. The number of nitrogens with one attached hydrogen (secondary N) is 1. The summed E-state index contributed by atoms with van der Waals surface area (Å²) in [7, 11) is 0. The molecule has 9 heteroatoms. The van der Waals surface area contributed by atoms with Crippen LogP contribution in [0.1, 0.15) is 13.8 Å². The number of halogens is 1. The van der Waals surface area contributed by atoms with Crippen molar-refractivity contribution in [1.29, 1.82) is 0 Å². The molecule has 0 aliphatic rings. The van der Waals surface area contributed by atoms with Gasteiger partial charge in [-0.2, -0.15) is 0 Å². The van der Waals surface area contributed by atoms with Crippen molar-refractivity contribution >= 4 is 46.1 Å². The van der Waals surface area contributed by atoms with E-state index in [2.05, 4.69) is 10.3 Å². The Bertz CT molecular complexity index is 866. The van der Waals surface area contributed by atoms with Crippen LogP contribution in [0.2, 0.25) is 5.02 Å². The molecular weight excluding hydrogens is 364 g/mol. The van der Waals surface area contributed by atoms with Crippen molar-refractivity contribution in [3.05, 3.63) is 33.6 Å². The lowest BCUT2D eigenvalue weighted by Gasteiger charge is -2.15. The molecule has 2 amide bonds. The van der Waals surface area contributed by atoms with Crippen LogP contribution in [0.3, 0.4) is 0 Å². The molecule has 134 valence electrons. The van der Waals surface area contributed by atoms with Gasteiger partial charge in [0.2, 0.25) is 11.8 Å². The van der Waals surface area contributed by atoms with Crippen molar-refractivity contribution in [2.75, 3.05) is 12.3 Å². The smallest absolute Gasteiger partial charge is 0.262 e. The Morgan fingerprint density at radius 1 is 1.40 bits per heavy atom. The zero-order chi connectivity index (χ0) is 18.6. The molecule has 0 atom stereocenters. The number of hydrogen-bond donors (Lipinski definition) is 2. The summed E-state index contributed by atoms with van der Waals surface area (Å²) in [4.78, 5) is 39.8. The van der Waals surface area contributed by atoms with Crippen LogP contribution in [-0.4, -0.2) is 33.7 Å². The lowest BCUT2D eigenvalue weighted by atomic mass is 10.2. The summed E-state index contributed by atoms with van der Waals surface area (Å²) in [6.45, 7) is 4.23. The second-order valence-corrected chi connectivity index (χ2v) is 7.28. The Morgan fingerprint density at radius 2 is 2.12 bits per heavy atom. The molecule has 0 saturated carbocycles. The second-order valence-electron chi connectivity index (χ2n) is 5.90. The number of benzene rings is 1. The van der Waals surface area contributed by atoms with E-state index in [4.69, 9.17) is 17.3 Å². The number of hydrogen-bond acceptors (Lipinski definition) is 5. The first-order valence-electron chi connectivity index (χ1n) is 7.66. The summed E-state index contributed by atoms with van der Waals surface area (Å²) in [5.41, 5.74) is 5.32. The molecule has 0 unspecified atom stereocenters. The van der Waals surface area contributed by atoms with Crippen molar-refractivity contribution < 1.29 is 9.59 Å². The van der Waals surface area contributed by atoms with E-state index in [9.17, 15) is 14.4 Å². The van der Waals surface area contributed by atoms with Crippen LogP contribution in [0.25, 0.3) is 10.9 Å². The normalized spacial score (nSPS) is 11.0. The van der Waals surface area contributed by atoms with Crippen molar-refractivity contribution in [1.82, 2.24) is 14.9 Å². The maximum absolute atomic E-state index is 12.8. The summed E-state index contributed by atoms with van der Waals surface area (Å²) in [5.74, 6) is -0.725. The quantitative estimate of drug-likeness (QED) is 0.556. The molecule has 0 aliphatic heterocycles. The molecule has 2 rings (SSSR count). The summed E-state index contributed by atoms with van der Waals surface area (Å²) in [6.07, 6.45) is 0. The largest absolute Gasteiger partial charge is 0.368 e. The Balaban J connectivity index is 2.33. The van der Waals surface area contributed by atoms with E-state index in [0.717, 1.165) is 11.8 Å². The molecule has 0 bridgehead atoms. The number of aromatic nitrogens is 2. The van der Waals surface area contributed by atoms with Gasteiger partial charge in [0.25, 0.3) is 5.56 Å². The summed E-state index contributed by atoms with van der Waals surface area (Å²) < 4.78 is 1.55. The predicted molar refractivity (Wildman–Crippen MR) is 98.8 cm³/mol. The molecule has 3 N–H and O–H groups in total. The molecule has 0 spiro atoms. The van der Waals surface area contributed by atoms with Gasteiger partial charge >= 0.3 is 0 Å². The topological polar surface area (TPSA) is 107 Å². The maximum Gasteiger partial charge on any atom is 0.262 e. The predicted octanol–water partition coefficient (Wildman–Crippen LogP) is 1.40. The molecule has 2 aromatic rings. The first-order valence-corrected chi connectivity index (χ1v) is 9.02. The van der Waals surface area contributed by atoms with Gasteiger partial charge in [-0.15, -0.1) is 0 Å². The molecule has 1 aromatic heterocycles. The van der Waals surface area contributed by atoms with E-state index in [-0.39, 0.29) is 29.7 Å². The molecule has 25 heavy (non-hydrogen) atoms. The van der Waals surface area contributed by atoms with Crippen LogP contribution in [0.5, 0.6) is 0 Å². The fourth-order valence-corrected chi connectivity index (χ4v) is 3.19. The highest BCUT2D eigenvalue weighted by molar-refractivity contribution is 7.99. The van der Waals surface area contributed by atoms with E-state index >= 15 is 0 Å². The van der Waals surface area contributed by atoms with Crippen molar-refractivity contribution in [3.8, 4) is 0 Å². The van der Waals surface area contributed by atoms with Gasteiger partial charge in [-0.3, -0.25) is 19.0 Å². The number of nitrogens with zero attached hydrogens (tertiary/aromatic N) is 2. The van der Waals surface area contributed by atoms with Gasteiger partial charge in [0, 0.05) is 11.6 Å². The first-order chi connectivity index (χ1) is 11.8. The highest BCUT2D eigenvalue weighted by atomic mass is 35.5. The Kier molecular flexibility index (Phi) is 6.44. The average Bonchev–Trinajstić information content (AvgIpc) is 2.54. The van der Waals surface area contributed by atoms with Crippen LogP contribution in [0.4, 0.5) is 0 Å². The van der Waals surface area contributed by atoms with Gasteiger partial charge < -0.3 is 11.1 Å². The van der Waals surface area contributed by atoms with Gasteiger partial charge in [0.1, 0.15) is 0 Å². The first kappa shape index (κ1) is 19.3. The lowest BCUT2D eigenvalue weighted by molar-refractivity contribution is -0.123. The summed E-state index contributed by atoms with van der Waals surface area (Å²) in [5, 5.41) is 3.76. The second kappa shape index (κ2) is 8.35. The fraction of sp³-hybridized carbons (Fsp3) is 0.375. The number of nitrogens with two attached hydrogens (primary N) is 1. The highest BCUT2D eigenvalue weighted by Crippen LogP contribution is 2.21. The average molecular weight is 383 g/mol. The highest BCUT2D eigenvalue weighted by Gasteiger charge is 2.14. The van der Waals surface area contributed by atoms with E-state index in [0.29, 0.717) is 27.6 Å². The number of rotatable bonds is 7. The third-order valence-corrected chi connectivity index (χ3v) is 4.43. The molecule has 1 heterocycles. The van der Waals surface area contributed by atoms with E-state index in [1.54, 1.807) is 22.8 Å². The molecule has 0 aliphatic carbocycles. The van der Waals surface area contributed by atoms with Gasteiger partial charge in [-0.25, -0.2) is 4.98 Å². The minimum absolute atomic E-state index is 0.0247. The monoisotopic (exact) mass is 382 g/mol. The molecular formula is C16H19ClN4O3S. The number of fused-ring (bicyclic) bond motifs is 1. The number of primary amides is 1. The van der Waals surface area contributed by atoms with Crippen molar-refractivity contribution in [3.63, 3.8) is 0 Å². The standard InChI is InChI=1S/C16H19ClN4O3S/c1-9(2)7-21-15(24)11-5-10(17)3-4-12(11)20-16(21)25-8-14(23)19-6-13(18)22/h3-5,9H,6-8H2,1-2H3,(H2,18,22)(H,19,23). The van der Waals surface area contributed by atoms with Gasteiger partial charge in [-0.1, -0.05) is 37.2 Å². The van der Waals surface area contributed by atoms with Gasteiger partial charge in [0.15, 0.2) is 5.16 Å². The Morgan fingerprint density at radius 3 is 2.76 bits per heavy atom. The molecule has 1 aromatic carbocycles. The summed E-state index contributed by atoms with van der Waals surface area (Å²) >= 11 is 7.12. The Hall–Kier alpha value is -2.06. The lowest BCUT2D eigenvalue weighted by Crippen LogP contribution is -2.34. The fourth-order valence-electron chi connectivity index (χ4n) is 2.18. The third-order valence-electron chi connectivity index (χ3n) is 3.22. The number of carbonyl (C=O) groups excluding carboxylic acids is 2. The number of thioether (sulfide) groups is 1. The Labute approximate surface area is 153 Å². The van der Waals surface area contributed by atoms with E-state index in [1.807, 2.05) is 13.8 Å². The van der Waals surface area contributed by atoms with Crippen LogP contribution >= 0.6 is 23.4 Å². The molecule has 0 fully saturated rings. The molecule has 0 saturated heterocycles. The van der Waals surface area contributed by atoms with Gasteiger partial charge in [0.05, 0.1) is 23.2 Å². The van der Waals surface area contributed by atoms with E-state index < -0.39 is 5.91 Å². The van der Waals surface area contributed by atoms with Crippen molar-refractivity contribution in [2.24, 2.45) is 11.7 Å². The maximum atomic E-state index is 12.8. The molecule has 0 radical (unpaired) electrons. The number of amides is 2.